The maximum atomic E-state index is 12.2. The zero-order valence-corrected chi connectivity index (χ0v) is 12.3. The van der Waals surface area contributed by atoms with Crippen LogP contribution in [0.25, 0.3) is 0 Å². The largest absolute Gasteiger partial charge is 0.508 e. The number of aliphatic carboxylic acids is 1. The summed E-state index contributed by atoms with van der Waals surface area (Å²) in [4.78, 5) is 10.5. The highest BCUT2D eigenvalue weighted by Crippen LogP contribution is 2.25. The van der Waals surface area contributed by atoms with Crippen LogP contribution in [-0.4, -0.2) is 41.2 Å². The Morgan fingerprint density at radius 3 is 2.55 bits per heavy atom. The van der Waals surface area contributed by atoms with Gasteiger partial charge in [-0.15, -0.1) is 0 Å². The van der Waals surface area contributed by atoms with Crippen molar-refractivity contribution in [3.63, 3.8) is 0 Å². The lowest BCUT2D eigenvalue weighted by atomic mass is 10.1. The molecule has 1 rings (SSSR count). The van der Waals surface area contributed by atoms with E-state index in [1.807, 2.05) is 0 Å². The van der Waals surface area contributed by atoms with Gasteiger partial charge in [-0.3, -0.25) is 4.79 Å². The van der Waals surface area contributed by atoms with Crippen LogP contribution in [0.1, 0.15) is 31.9 Å². The second-order valence-corrected chi connectivity index (χ2v) is 6.48. The topological polar surface area (TPSA) is 94.9 Å². The smallest absolute Gasteiger partial charge is 0.304 e. The van der Waals surface area contributed by atoms with Crippen molar-refractivity contribution in [2.75, 3.05) is 12.3 Å². The van der Waals surface area contributed by atoms with Crippen LogP contribution in [0, 0.1) is 0 Å². The second kappa shape index (κ2) is 6.71. The summed E-state index contributed by atoms with van der Waals surface area (Å²) in [7, 11) is -3.66. The molecule has 0 aromatic heterocycles. The van der Waals surface area contributed by atoms with Crippen molar-refractivity contribution in [2.45, 2.75) is 26.3 Å². The SMILES string of the molecule is CCN(C(C)c1cccc(O)c1)S(=O)(=O)CCC(=O)O. The van der Waals surface area contributed by atoms with Crippen molar-refractivity contribution >= 4 is 16.0 Å². The highest BCUT2D eigenvalue weighted by molar-refractivity contribution is 7.89. The summed E-state index contributed by atoms with van der Waals surface area (Å²) in [5, 5.41) is 18.1. The summed E-state index contributed by atoms with van der Waals surface area (Å²) in [6.07, 6.45) is -0.425. The Labute approximate surface area is 118 Å². The fourth-order valence-electron chi connectivity index (χ4n) is 2.00. The Kier molecular flexibility index (Phi) is 5.52. The molecule has 0 fully saturated rings. The molecule has 1 atom stereocenters. The molecule has 0 aliphatic heterocycles. The molecule has 112 valence electrons. The number of aromatic hydroxyl groups is 1. The van der Waals surface area contributed by atoms with Gasteiger partial charge in [-0.05, 0) is 24.6 Å². The summed E-state index contributed by atoms with van der Waals surface area (Å²) in [5.41, 5.74) is 0.658. The number of carbonyl (C=O) groups is 1. The monoisotopic (exact) mass is 301 g/mol. The number of phenolic OH excluding ortho intramolecular Hbond substituents is 1. The predicted molar refractivity (Wildman–Crippen MR) is 74.9 cm³/mol. The fourth-order valence-corrected chi connectivity index (χ4v) is 3.66. The lowest BCUT2D eigenvalue weighted by Gasteiger charge is -2.27. The first-order valence-corrected chi connectivity index (χ1v) is 7.89. The van der Waals surface area contributed by atoms with Crippen molar-refractivity contribution in [3.05, 3.63) is 29.8 Å². The van der Waals surface area contributed by atoms with Crippen LogP contribution in [0.2, 0.25) is 0 Å². The molecule has 7 heteroatoms. The lowest BCUT2D eigenvalue weighted by Crippen LogP contribution is -2.35. The van der Waals surface area contributed by atoms with Crippen LogP contribution < -0.4 is 0 Å². The van der Waals surface area contributed by atoms with Gasteiger partial charge < -0.3 is 10.2 Å². The number of rotatable bonds is 7. The zero-order chi connectivity index (χ0) is 15.3. The van der Waals surface area contributed by atoms with Crippen LogP contribution in [0.4, 0.5) is 0 Å². The van der Waals surface area contributed by atoms with E-state index >= 15 is 0 Å². The number of benzene rings is 1. The van der Waals surface area contributed by atoms with E-state index < -0.39 is 34.2 Å². The van der Waals surface area contributed by atoms with Gasteiger partial charge in [0.25, 0.3) is 0 Å². The molecule has 6 nitrogen and oxygen atoms in total. The van der Waals surface area contributed by atoms with Gasteiger partial charge in [-0.1, -0.05) is 19.1 Å². The first kappa shape index (κ1) is 16.5. The Balaban J connectivity index is 2.97. The molecule has 2 N–H and O–H groups in total. The van der Waals surface area contributed by atoms with E-state index in [2.05, 4.69) is 0 Å². The van der Waals surface area contributed by atoms with Gasteiger partial charge in [0.2, 0.25) is 10.0 Å². The van der Waals surface area contributed by atoms with Crippen LogP contribution in [0.5, 0.6) is 5.75 Å². The summed E-state index contributed by atoms with van der Waals surface area (Å²) in [5.74, 6) is -1.51. The summed E-state index contributed by atoms with van der Waals surface area (Å²) in [6.45, 7) is 3.63. The average Bonchev–Trinajstić information content (AvgIpc) is 2.37. The van der Waals surface area contributed by atoms with Crippen molar-refractivity contribution < 1.29 is 23.4 Å². The van der Waals surface area contributed by atoms with Crippen molar-refractivity contribution in [1.82, 2.24) is 4.31 Å². The molecule has 20 heavy (non-hydrogen) atoms. The highest BCUT2D eigenvalue weighted by atomic mass is 32.2. The average molecular weight is 301 g/mol. The number of nitrogens with zero attached hydrogens (tertiary/aromatic N) is 1. The van der Waals surface area contributed by atoms with Crippen molar-refractivity contribution in [2.24, 2.45) is 0 Å². The summed E-state index contributed by atoms with van der Waals surface area (Å²) in [6, 6.07) is 5.90. The van der Waals surface area contributed by atoms with E-state index in [-0.39, 0.29) is 12.3 Å². The first-order chi connectivity index (χ1) is 9.27. The van der Waals surface area contributed by atoms with E-state index in [1.54, 1.807) is 26.0 Å². The third-order valence-corrected chi connectivity index (χ3v) is 5.04. The Morgan fingerprint density at radius 1 is 1.40 bits per heavy atom. The fraction of sp³-hybridized carbons (Fsp3) is 0.462. The minimum atomic E-state index is -3.66. The van der Waals surface area contributed by atoms with Crippen LogP contribution in [0.15, 0.2) is 24.3 Å². The molecule has 0 radical (unpaired) electrons. The molecule has 1 aromatic rings. The summed E-state index contributed by atoms with van der Waals surface area (Å²) < 4.78 is 25.6. The van der Waals surface area contributed by atoms with Crippen molar-refractivity contribution in [1.29, 1.82) is 0 Å². The van der Waals surface area contributed by atoms with Crippen molar-refractivity contribution in [3.8, 4) is 5.75 Å². The van der Waals surface area contributed by atoms with E-state index in [0.29, 0.717) is 5.56 Å². The third kappa shape index (κ3) is 4.21. The maximum Gasteiger partial charge on any atom is 0.304 e. The van der Waals surface area contributed by atoms with E-state index in [1.165, 1.54) is 16.4 Å². The second-order valence-electron chi connectivity index (χ2n) is 4.43. The van der Waals surface area contributed by atoms with Gasteiger partial charge in [0.05, 0.1) is 12.2 Å². The zero-order valence-electron chi connectivity index (χ0n) is 11.5. The Hall–Kier alpha value is -1.60. The van der Waals surface area contributed by atoms with Gasteiger partial charge in [0.1, 0.15) is 5.75 Å². The molecule has 0 aliphatic rings. The predicted octanol–water partition coefficient (Wildman–Crippen LogP) is 1.58. The van der Waals surface area contributed by atoms with Gasteiger partial charge >= 0.3 is 5.97 Å². The number of hydrogen-bond donors (Lipinski definition) is 2. The summed E-state index contributed by atoms with van der Waals surface area (Å²) >= 11 is 0. The van der Waals surface area contributed by atoms with Crippen LogP contribution >= 0.6 is 0 Å². The normalized spacial score (nSPS) is 13.3. The molecule has 1 aromatic carbocycles. The molecule has 1 unspecified atom stereocenters. The molecule has 0 spiro atoms. The van der Waals surface area contributed by atoms with E-state index in [4.69, 9.17) is 5.11 Å². The maximum absolute atomic E-state index is 12.2. The minimum absolute atomic E-state index is 0.0633. The quantitative estimate of drug-likeness (QED) is 0.797. The standard InChI is InChI=1S/C13H19NO5S/c1-3-14(20(18,19)8-7-13(16)17)10(2)11-5-4-6-12(15)9-11/h4-6,9-10,15H,3,7-8H2,1-2H3,(H,16,17). The van der Waals surface area contributed by atoms with E-state index in [0.717, 1.165) is 0 Å². The molecule has 0 amide bonds. The van der Waals surface area contributed by atoms with Gasteiger partial charge in [0.15, 0.2) is 0 Å². The molecule has 0 saturated heterocycles. The van der Waals surface area contributed by atoms with Gasteiger partial charge in [-0.25, -0.2) is 8.42 Å². The number of sulfonamides is 1. The Bertz CT molecular complexity index is 570. The van der Waals surface area contributed by atoms with E-state index in [9.17, 15) is 18.3 Å². The number of carboxylic acid groups (broad SMARTS) is 1. The first-order valence-electron chi connectivity index (χ1n) is 6.28. The van der Waals surface area contributed by atoms with Crippen LogP contribution in [-0.2, 0) is 14.8 Å². The molecule has 0 bridgehead atoms. The number of phenols is 1. The van der Waals surface area contributed by atoms with Gasteiger partial charge in [0, 0.05) is 12.6 Å². The third-order valence-electron chi connectivity index (χ3n) is 3.03. The number of carboxylic acids is 1. The Morgan fingerprint density at radius 2 is 2.05 bits per heavy atom. The number of hydrogen-bond acceptors (Lipinski definition) is 4. The minimum Gasteiger partial charge on any atom is -0.508 e. The highest BCUT2D eigenvalue weighted by Gasteiger charge is 2.27. The lowest BCUT2D eigenvalue weighted by molar-refractivity contribution is -0.136. The molecular formula is C13H19NO5S. The van der Waals surface area contributed by atoms with Crippen LogP contribution in [0.3, 0.4) is 0 Å². The molecule has 0 heterocycles. The molecule has 0 saturated carbocycles. The van der Waals surface area contributed by atoms with Gasteiger partial charge in [-0.2, -0.15) is 4.31 Å². The molecule has 0 aliphatic carbocycles. The molecular weight excluding hydrogens is 282 g/mol.